The summed E-state index contributed by atoms with van der Waals surface area (Å²) < 4.78 is 0. The Bertz CT molecular complexity index is 585. The Morgan fingerprint density at radius 1 is 1.24 bits per heavy atom. The Hall–Kier alpha value is -1.71. The molecule has 2 aliphatic heterocycles. The van der Waals surface area contributed by atoms with Crippen molar-refractivity contribution in [1.29, 1.82) is 0 Å². The maximum absolute atomic E-state index is 12.6. The van der Waals surface area contributed by atoms with Crippen LogP contribution in [0.5, 0.6) is 0 Å². The molecule has 2 bridgehead atoms. The van der Waals surface area contributed by atoms with Gasteiger partial charge in [-0.2, -0.15) is 0 Å². The van der Waals surface area contributed by atoms with Crippen LogP contribution < -0.4 is 0 Å². The van der Waals surface area contributed by atoms with E-state index in [1.54, 1.807) is 17.9 Å². The summed E-state index contributed by atoms with van der Waals surface area (Å²) in [4.78, 5) is 38.1. The number of Topliss-reactive ketones (excluding diaryl/α,β-unsaturated/α-hetero) is 1. The van der Waals surface area contributed by atoms with Crippen molar-refractivity contribution in [2.75, 3.05) is 0 Å². The molecular formula is C17H21NO3. The van der Waals surface area contributed by atoms with E-state index in [0.717, 1.165) is 5.70 Å². The average Bonchev–Trinajstić information content (AvgIpc) is 2.36. The van der Waals surface area contributed by atoms with Crippen LogP contribution in [0.15, 0.2) is 23.9 Å². The normalized spacial score (nSPS) is 34.1. The molecule has 1 amide bonds. The lowest BCUT2D eigenvalue weighted by Crippen LogP contribution is -2.55. The van der Waals surface area contributed by atoms with Gasteiger partial charge in [0.15, 0.2) is 5.78 Å². The maximum Gasteiger partial charge on any atom is 0.234 e. The Kier molecular flexibility index (Phi) is 3.15. The van der Waals surface area contributed by atoms with Gasteiger partial charge in [0.2, 0.25) is 5.91 Å². The number of rotatable bonds is 2. The number of hydrogen-bond donors (Lipinski definition) is 0. The molecule has 1 saturated heterocycles. The molecule has 4 rings (SSSR count). The summed E-state index contributed by atoms with van der Waals surface area (Å²) in [5.74, 6) is -0.131. The van der Waals surface area contributed by atoms with Gasteiger partial charge in [-0.05, 0) is 25.2 Å². The lowest BCUT2D eigenvalue weighted by atomic mass is 9.73. The Balaban J connectivity index is 1.98. The quantitative estimate of drug-likeness (QED) is 0.732. The highest BCUT2D eigenvalue weighted by molar-refractivity contribution is 5.94. The van der Waals surface area contributed by atoms with Crippen LogP contribution in [0.2, 0.25) is 0 Å². The molecule has 2 aliphatic carbocycles. The molecule has 1 fully saturated rings. The van der Waals surface area contributed by atoms with E-state index in [1.165, 1.54) is 0 Å². The van der Waals surface area contributed by atoms with Gasteiger partial charge in [0.1, 0.15) is 5.78 Å². The second-order valence-electron chi connectivity index (χ2n) is 7.26. The first-order chi connectivity index (χ1) is 9.78. The van der Waals surface area contributed by atoms with E-state index in [0.29, 0.717) is 19.3 Å². The van der Waals surface area contributed by atoms with Crippen molar-refractivity contribution in [3.05, 3.63) is 23.9 Å². The Labute approximate surface area is 124 Å². The molecular weight excluding hydrogens is 266 g/mol. The van der Waals surface area contributed by atoms with Gasteiger partial charge in [-0.1, -0.05) is 26.0 Å². The van der Waals surface area contributed by atoms with Gasteiger partial charge in [-0.3, -0.25) is 14.4 Å². The SMILES string of the molecule is CC(=O)[C@H]1C[C@H]2C=C[C@@H]1N(C1=CC(=O)CC(C)(C)C1)C2=O. The first-order valence-corrected chi connectivity index (χ1v) is 7.54. The minimum absolute atomic E-state index is 0.0387. The predicted octanol–water partition coefficient (Wildman–Crippen LogP) is 2.25. The Morgan fingerprint density at radius 2 is 1.95 bits per heavy atom. The molecule has 21 heavy (non-hydrogen) atoms. The minimum atomic E-state index is -0.218. The molecule has 0 aromatic carbocycles. The molecule has 0 radical (unpaired) electrons. The van der Waals surface area contributed by atoms with E-state index >= 15 is 0 Å². The van der Waals surface area contributed by atoms with Crippen molar-refractivity contribution < 1.29 is 14.4 Å². The number of piperidine rings is 1. The second kappa shape index (κ2) is 4.65. The molecule has 0 saturated carbocycles. The van der Waals surface area contributed by atoms with Gasteiger partial charge < -0.3 is 4.90 Å². The zero-order valence-corrected chi connectivity index (χ0v) is 12.8. The van der Waals surface area contributed by atoms with Crippen molar-refractivity contribution in [2.24, 2.45) is 17.3 Å². The zero-order valence-electron chi connectivity index (χ0n) is 12.8. The number of ketones is 2. The Morgan fingerprint density at radius 3 is 2.57 bits per heavy atom. The first-order valence-electron chi connectivity index (χ1n) is 7.54. The maximum atomic E-state index is 12.6. The van der Waals surface area contributed by atoms with E-state index in [9.17, 15) is 14.4 Å². The van der Waals surface area contributed by atoms with Crippen LogP contribution in [0.25, 0.3) is 0 Å². The summed E-state index contributed by atoms with van der Waals surface area (Å²) in [6.07, 6.45) is 7.31. The lowest BCUT2D eigenvalue weighted by molar-refractivity contribution is -0.142. The van der Waals surface area contributed by atoms with Crippen molar-refractivity contribution in [1.82, 2.24) is 4.90 Å². The summed E-state index contributed by atoms with van der Waals surface area (Å²) in [6.45, 7) is 5.68. The van der Waals surface area contributed by atoms with Crippen LogP contribution in [-0.2, 0) is 14.4 Å². The van der Waals surface area contributed by atoms with E-state index in [4.69, 9.17) is 0 Å². The van der Waals surface area contributed by atoms with Crippen LogP contribution >= 0.6 is 0 Å². The molecule has 0 aromatic heterocycles. The van der Waals surface area contributed by atoms with Crippen molar-refractivity contribution in [2.45, 2.75) is 46.1 Å². The molecule has 112 valence electrons. The van der Waals surface area contributed by atoms with Crippen LogP contribution in [0.3, 0.4) is 0 Å². The largest absolute Gasteiger partial charge is 0.308 e. The molecule has 4 aliphatic rings. The monoisotopic (exact) mass is 287 g/mol. The highest BCUT2D eigenvalue weighted by Gasteiger charge is 2.47. The highest BCUT2D eigenvalue weighted by Crippen LogP contribution is 2.42. The van der Waals surface area contributed by atoms with Gasteiger partial charge >= 0.3 is 0 Å². The molecule has 0 N–H and O–H groups in total. The van der Waals surface area contributed by atoms with Crippen molar-refractivity contribution in [3.8, 4) is 0 Å². The van der Waals surface area contributed by atoms with Gasteiger partial charge in [0, 0.05) is 24.1 Å². The smallest absolute Gasteiger partial charge is 0.234 e. The zero-order chi connectivity index (χ0) is 15.4. The molecule has 2 heterocycles. The number of carbonyl (C=O) groups is 3. The molecule has 4 heteroatoms. The molecule has 4 nitrogen and oxygen atoms in total. The molecule has 0 aromatic rings. The molecule has 0 spiro atoms. The number of hydrogen-bond acceptors (Lipinski definition) is 3. The second-order valence-corrected chi connectivity index (χ2v) is 7.26. The lowest BCUT2D eigenvalue weighted by Gasteiger charge is -2.47. The summed E-state index contributed by atoms with van der Waals surface area (Å²) in [7, 11) is 0. The van der Waals surface area contributed by atoms with Crippen LogP contribution in [0, 0.1) is 17.3 Å². The number of carbonyl (C=O) groups excluding carboxylic acids is 3. The number of nitrogens with zero attached hydrogens (tertiary/aromatic N) is 1. The predicted molar refractivity (Wildman–Crippen MR) is 78.2 cm³/mol. The van der Waals surface area contributed by atoms with E-state index in [-0.39, 0.29) is 40.8 Å². The standard InChI is InChI=1S/C17H21NO3/c1-10(19)14-6-11-4-5-15(14)18(16(11)21)12-7-13(20)9-17(2,3)8-12/h4-5,7,11,14-15H,6,8-9H2,1-3H3/t11-,14-,15+/m1/s1. The topological polar surface area (TPSA) is 54.5 Å². The first kappa shape index (κ1) is 14.2. The van der Waals surface area contributed by atoms with E-state index < -0.39 is 0 Å². The van der Waals surface area contributed by atoms with Gasteiger partial charge in [0.05, 0.1) is 12.0 Å². The van der Waals surface area contributed by atoms with Gasteiger partial charge in [0.25, 0.3) is 0 Å². The number of amides is 1. The average molecular weight is 287 g/mol. The summed E-state index contributed by atoms with van der Waals surface area (Å²) in [6, 6.07) is -0.215. The van der Waals surface area contributed by atoms with Crippen LogP contribution in [-0.4, -0.2) is 28.4 Å². The van der Waals surface area contributed by atoms with E-state index in [2.05, 4.69) is 0 Å². The van der Waals surface area contributed by atoms with Gasteiger partial charge in [-0.15, -0.1) is 0 Å². The molecule has 3 atom stereocenters. The summed E-state index contributed by atoms with van der Waals surface area (Å²) in [5.41, 5.74) is 0.652. The number of fused-ring (bicyclic) bond motifs is 2. The van der Waals surface area contributed by atoms with Crippen molar-refractivity contribution >= 4 is 17.5 Å². The third-order valence-corrected chi connectivity index (χ3v) is 4.79. The van der Waals surface area contributed by atoms with E-state index in [1.807, 2.05) is 26.0 Å². The molecule has 0 unspecified atom stereocenters. The minimum Gasteiger partial charge on any atom is -0.308 e. The van der Waals surface area contributed by atoms with Gasteiger partial charge in [-0.25, -0.2) is 0 Å². The number of allylic oxidation sites excluding steroid dienone is 2. The highest BCUT2D eigenvalue weighted by atomic mass is 16.2. The fraction of sp³-hybridized carbons (Fsp3) is 0.588. The van der Waals surface area contributed by atoms with Crippen LogP contribution in [0.1, 0.15) is 40.0 Å². The third kappa shape index (κ3) is 2.37. The third-order valence-electron chi connectivity index (χ3n) is 4.79. The van der Waals surface area contributed by atoms with Crippen molar-refractivity contribution in [3.63, 3.8) is 0 Å². The fourth-order valence-electron chi connectivity index (χ4n) is 3.85. The fourth-order valence-corrected chi connectivity index (χ4v) is 3.85. The summed E-state index contributed by atoms with van der Waals surface area (Å²) >= 11 is 0. The summed E-state index contributed by atoms with van der Waals surface area (Å²) in [5, 5.41) is 0. The van der Waals surface area contributed by atoms with Crippen LogP contribution in [0.4, 0.5) is 0 Å².